The molecule has 108 valence electrons. The van der Waals surface area contributed by atoms with E-state index >= 15 is 0 Å². The highest BCUT2D eigenvalue weighted by molar-refractivity contribution is 6.32. The Morgan fingerprint density at radius 1 is 1.14 bits per heavy atom. The summed E-state index contributed by atoms with van der Waals surface area (Å²) >= 11 is 6.07. The van der Waals surface area contributed by atoms with Crippen molar-refractivity contribution in [3.05, 3.63) is 76.3 Å². The molecule has 4 heteroatoms. The summed E-state index contributed by atoms with van der Waals surface area (Å²) in [6, 6.07) is 8.93. The van der Waals surface area contributed by atoms with Crippen LogP contribution in [0.15, 0.2) is 48.7 Å². The average molecular weight is 305 g/mol. The fraction of sp³-hybridized carbons (Fsp3) is 0.118. The predicted molar refractivity (Wildman–Crippen MR) is 81.4 cm³/mol. The molecule has 21 heavy (non-hydrogen) atoms. The molecule has 0 aliphatic carbocycles. The van der Waals surface area contributed by atoms with E-state index in [1.807, 2.05) is 13.8 Å². The molecule has 2 nitrogen and oxygen atoms in total. The molecule has 2 aromatic carbocycles. The van der Waals surface area contributed by atoms with E-state index < -0.39 is 0 Å². The first-order chi connectivity index (χ1) is 9.97. The lowest BCUT2D eigenvalue weighted by Crippen LogP contribution is -1.95. The second-order valence-corrected chi connectivity index (χ2v) is 5.04. The summed E-state index contributed by atoms with van der Waals surface area (Å²) in [6.45, 7) is 3.77. The van der Waals surface area contributed by atoms with Crippen molar-refractivity contribution in [1.29, 1.82) is 0 Å². The largest absolute Gasteiger partial charge is 0.465 e. The van der Waals surface area contributed by atoms with Crippen LogP contribution in [0.5, 0.6) is 5.75 Å². The van der Waals surface area contributed by atoms with Gasteiger partial charge in [0.1, 0.15) is 11.6 Å². The van der Waals surface area contributed by atoms with Gasteiger partial charge in [-0.25, -0.2) is 4.39 Å². The molecule has 0 atom stereocenters. The Balaban J connectivity index is 2.05. The molecule has 0 fully saturated rings. The number of halogens is 2. The van der Waals surface area contributed by atoms with Crippen molar-refractivity contribution in [2.45, 2.75) is 13.8 Å². The van der Waals surface area contributed by atoms with Crippen LogP contribution in [0.4, 0.5) is 4.39 Å². The van der Waals surface area contributed by atoms with Gasteiger partial charge in [-0.05, 0) is 61.4 Å². The maximum absolute atomic E-state index is 12.8. The third kappa shape index (κ3) is 3.92. The molecule has 0 radical (unpaired) electrons. The highest BCUT2D eigenvalue weighted by atomic mass is 35.5. The fourth-order valence-electron chi connectivity index (χ4n) is 1.86. The minimum Gasteiger partial charge on any atom is -0.465 e. The number of carbonyl (C=O) groups is 1. The molecule has 0 saturated heterocycles. The first kappa shape index (κ1) is 15.3. The fourth-order valence-corrected chi connectivity index (χ4v) is 1.97. The van der Waals surface area contributed by atoms with Crippen molar-refractivity contribution in [1.82, 2.24) is 0 Å². The Kier molecular flexibility index (Phi) is 4.76. The van der Waals surface area contributed by atoms with Crippen molar-refractivity contribution in [3.8, 4) is 5.75 Å². The number of allylic oxidation sites excluding steroid dienone is 1. The number of rotatable bonds is 4. The molecular weight excluding hydrogens is 291 g/mol. The van der Waals surface area contributed by atoms with Crippen LogP contribution >= 0.6 is 11.6 Å². The molecule has 0 aliphatic rings. The minimum absolute atomic E-state index is 0.252. The lowest BCUT2D eigenvalue weighted by molar-refractivity contribution is 0.104. The van der Waals surface area contributed by atoms with E-state index in [1.165, 1.54) is 36.6 Å². The summed E-state index contributed by atoms with van der Waals surface area (Å²) in [5.74, 6) is -0.0196. The second kappa shape index (κ2) is 6.55. The van der Waals surface area contributed by atoms with Gasteiger partial charge in [-0.2, -0.15) is 0 Å². The van der Waals surface area contributed by atoms with Gasteiger partial charge < -0.3 is 4.74 Å². The molecule has 0 aromatic heterocycles. The summed E-state index contributed by atoms with van der Waals surface area (Å²) in [5.41, 5.74) is 2.22. The van der Waals surface area contributed by atoms with Crippen LogP contribution in [0.1, 0.15) is 21.5 Å². The lowest BCUT2D eigenvalue weighted by atomic mass is 10.1. The van der Waals surface area contributed by atoms with Gasteiger partial charge in [0.05, 0.1) is 6.26 Å². The maximum atomic E-state index is 12.8. The number of benzene rings is 2. The number of ketones is 1. The molecule has 0 saturated carbocycles. The third-order valence-corrected chi connectivity index (χ3v) is 3.56. The zero-order valence-corrected chi connectivity index (χ0v) is 12.4. The highest BCUT2D eigenvalue weighted by Crippen LogP contribution is 2.25. The van der Waals surface area contributed by atoms with Crippen LogP contribution in [-0.2, 0) is 0 Å². The van der Waals surface area contributed by atoms with Crippen molar-refractivity contribution in [3.63, 3.8) is 0 Å². The zero-order valence-electron chi connectivity index (χ0n) is 11.7. The molecule has 2 aromatic rings. The quantitative estimate of drug-likeness (QED) is 0.457. The number of ether oxygens (including phenoxy) is 1. The number of aryl methyl sites for hydroxylation is 2. The van der Waals surface area contributed by atoms with Crippen LogP contribution in [0.2, 0.25) is 5.02 Å². The van der Waals surface area contributed by atoms with Gasteiger partial charge in [-0.1, -0.05) is 11.6 Å². The molecule has 0 spiro atoms. The van der Waals surface area contributed by atoms with E-state index in [0.29, 0.717) is 16.3 Å². The predicted octanol–water partition coefficient (Wildman–Crippen LogP) is 4.87. The smallest absolute Gasteiger partial charge is 0.188 e. The summed E-state index contributed by atoms with van der Waals surface area (Å²) in [4.78, 5) is 11.8. The molecule has 0 bridgehead atoms. The molecule has 0 unspecified atom stereocenters. The van der Waals surface area contributed by atoms with Gasteiger partial charge in [0.2, 0.25) is 0 Å². The van der Waals surface area contributed by atoms with Crippen LogP contribution in [-0.4, -0.2) is 5.78 Å². The number of carbonyl (C=O) groups excluding carboxylic acids is 1. The number of hydrogen-bond donors (Lipinski definition) is 0. The Morgan fingerprint density at radius 3 is 2.29 bits per heavy atom. The van der Waals surface area contributed by atoms with E-state index in [9.17, 15) is 9.18 Å². The van der Waals surface area contributed by atoms with Crippen molar-refractivity contribution >= 4 is 17.4 Å². The van der Waals surface area contributed by atoms with E-state index in [-0.39, 0.29) is 11.6 Å². The molecular formula is C17H14ClFO2. The average Bonchev–Trinajstić information content (AvgIpc) is 2.45. The normalized spacial score (nSPS) is 10.9. The van der Waals surface area contributed by atoms with Gasteiger partial charge in [0.15, 0.2) is 5.78 Å². The summed E-state index contributed by atoms with van der Waals surface area (Å²) in [7, 11) is 0. The Bertz CT molecular complexity index is 667. The number of hydrogen-bond acceptors (Lipinski definition) is 2. The van der Waals surface area contributed by atoms with Gasteiger partial charge in [-0.15, -0.1) is 0 Å². The molecule has 0 heterocycles. The van der Waals surface area contributed by atoms with Crippen LogP contribution in [0.3, 0.4) is 0 Å². The van der Waals surface area contributed by atoms with Crippen molar-refractivity contribution in [2.75, 3.05) is 0 Å². The molecule has 0 amide bonds. The summed E-state index contributed by atoms with van der Waals surface area (Å²) in [5, 5.41) is 0.703. The van der Waals surface area contributed by atoms with Gasteiger partial charge in [-0.3, -0.25) is 4.79 Å². The zero-order chi connectivity index (χ0) is 15.4. The Hall–Kier alpha value is -2.13. The van der Waals surface area contributed by atoms with E-state index in [1.54, 1.807) is 12.1 Å². The SMILES string of the molecule is Cc1cc(O/C=C/C(=O)c2ccc(F)cc2)cc(C)c1Cl. The van der Waals surface area contributed by atoms with Crippen LogP contribution in [0.25, 0.3) is 0 Å². The van der Waals surface area contributed by atoms with Gasteiger partial charge >= 0.3 is 0 Å². The van der Waals surface area contributed by atoms with Crippen molar-refractivity contribution in [2.24, 2.45) is 0 Å². The Morgan fingerprint density at radius 2 is 1.71 bits per heavy atom. The van der Waals surface area contributed by atoms with E-state index in [4.69, 9.17) is 16.3 Å². The standard InChI is InChI=1S/C17H14ClFO2/c1-11-9-15(10-12(2)17(11)18)21-8-7-16(20)13-3-5-14(19)6-4-13/h3-10H,1-2H3/b8-7+. The van der Waals surface area contributed by atoms with Gasteiger partial charge in [0.25, 0.3) is 0 Å². The van der Waals surface area contributed by atoms with Crippen LogP contribution < -0.4 is 4.74 Å². The topological polar surface area (TPSA) is 26.3 Å². The van der Waals surface area contributed by atoms with E-state index in [0.717, 1.165) is 11.1 Å². The monoisotopic (exact) mass is 304 g/mol. The first-order valence-electron chi connectivity index (χ1n) is 6.37. The molecule has 2 rings (SSSR count). The van der Waals surface area contributed by atoms with Gasteiger partial charge in [0, 0.05) is 16.7 Å². The summed E-state index contributed by atoms with van der Waals surface area (Å²) in [6.07, 6.45) is 2.61. The second-order valence-electron chi connectivity index (χ2n) is 4.66. The highest BCUT2D eigenvalue weighted by Gasteiger charge is 2.04. The summed E-state index contributed by atoms with van der Waals surface area (Å²) < 4.78 is 18.2. The van der Waals surface area contributed by atoms with Crippen molar-refractivity contribution < 1.29 is 13.9 Å². The lowest BCUT2D eigenvalue weighted by Gasteiger charge is -2.06. The molecule has 0 aliphatic heterocycles. The maximum Gasteiger partial charge on any atom is 0.188 e. The third-order valence-electron chi connectivity index (χ3n) is 2.96. The van der Waals surface area contributed by atoms with E-state index in [2.05, 4.69) is 0 Å². The molecule has 0 N–H and O–H groups in total. The van der Waals surface area contributed by atoms with Crippen LogP contribution in [0, 0.1) is 19.7 Å². The minimum atomic E-state index is -0.376. The Labute approximate surface area is 127 Å². The first-order valence-corrected chi connectivity index (χ1v) is 6.75.